The number of urea groups is 1. The maximum Gasteiger partial charge on any atom is 0.317 e. The lowest BCUT2D eigenvalue weighted by molar-refractivity contribution is -0.0704. The van der Waals surface area contributed by atoms with Gasteiger partial charge in [0.05, 0.1) is 12.2 Å². The Morgan fingerprint density at radius 3 is 2.36 bits per heavy atom. The molecule has 1 heterocycles. The van der Waals surface area contributed by atoms with Crippen LogP contribution in [0.25, 0.3) is 0 Å². The first-order valence-electron chi connectivity index (χ1n) is 8.92. The molecule has 0 spiro atoms. The van der Waals surface area contributed by atoms with Gasteiger partial charge in [-0.2, -0.15) is 0 Å². The molecule has 1 aliphatic heterocycles. The van der Waals surface area contributed by atoms with E-state index in [0.717, 1.165) is 30.8 Å². The minimum Gasteiger partial charge on any atom is -0.373 e. The van der Waals surface area contributed by atoms with Crippen molar-refractivity contribution in [2.45, 2.75) is 46.1 Å². The molecule has 1 saturated heterocycles. The van der Waals surface area contributed by atoms with Crippen LogP contribution in [0.4, 0.5) is 4.79 Å². The summed E-state index contributed by atoms with van der Waals surface area (Å²) in [6, 6.07) is 8.38. The Morgan fingerprint density at radius 2 is 1.80 bits per heavy atom. The van der Waals surface area contributed by atoms with Gasteiger partial charge >= 0.3 is 6.03 Å². The topological polar surface area (TPSA) is 44.8 Å². The number of ether oxygens (including phenoxy) is 1. The SMILES string of the molecule is C=C(C)CN(C)C(=O)NCc1ccc(CN2C[C@H](C)O[C@@H](C)C2)cc1. The van der Waals surface area contributed by atoms with Gasteiger partial charge in [-0.3, -0.25) is 4.90 Å². The second-order valence-corrected chi connectivity index (χ2v) is 7.24. The fraction of sp³-hybridized carbons (Fsp3) is 0.550. The second-order valence-electron chi connectivity index (χ2n) is 7.24. The van der Waals surface area contributed by atoms with Gasteiger partial charge in [0.2, 0.25) is 0 Å². The molecule has 1 aromatic carbocycles. The van der Waals surface area contributed by atoms with Crippen molar-refractivity contribution in [2.24, 2.45) is 0 Å². The van der Waals surface area contributed by atoms with Gasteiger partial charge < -0.3 is 15.0 Å². The van der Waals surface area contributed by atoms with Crippen molar-refractivity contribution in [3.05, 3.63) is 47.5 Å². The summed E-state index contributed by atoms with van der Waals surface area (Å²) in [5.41, 5.74) is 3.36. The molecule has 5 heteroatoms. The zero-order valence-corrected chi connectivity index (χ0v) is 15.9. The number of benzene rings is 1. The molecule has 0 bridgehead atoms. The first-order chi connectivity index (χ1) is 11.8. The van der Waals surface area contributed by atoms with E-state index >= 15 is 0 Å². The first kappa shape index (κ1) is 19.5. The van der Waals surface area contributed by atoms with Gasteiger partial charge in [-0.15, -0.1) is 0 Å². The van der Waals surface area contributed by atoms with E-state index in [1.54, 1.807) is 11.9 Å². The largest absolute Gasteiger partial charge is 0.373 e. The third-order valence-corrected chi connectivity index (χ3v) is 4.22. The van der Waals surface area contributed by atoms with Crippen molar-refractivity contribution < 1.29 is 9.53 Å². The average molecular weight is 345 g/mol. The van der Waals surface area contributed by atoms with Crippen LogP contribution in [-0.2, 0) is 17.8 Å². The lowest BCUT2D eigenvalue weighted by atomic mass is 10.1. The highest BCUT2D eigenvalue weighted by Crippen LogP contribution is 2.14. The molecule has 1 aromatic rings. The quantitative estimate of drug-likeness (QED) is 0.806. The number of morpholine rings is 1. The Kier molecular flexibility index (Phi) is 7.02. The van der Waals surface area contributed by atoms with Gasteiger partial charge in [0.25, 0.3) is 0 Å². The minimum absolute atomic E-state index is 0.0802. The standard InChI is InChI=1S/C20H31N3O2/c1-15(2)11-22(5)20(24)21-10-18-6-8-19(9-7-18)14-23-12-16(3)25-17(4)13-23/h6-9,16-17H,1,10-14H2,2-5H3,(H,21,24)/t16-,17-/m0/s1. The maximum atomic E-state index is 12.0. The van der Waals surface area contributed by atoms with Crippen LogP contribution in [-0.4, -0.2) is 54.7 Å². The molecule has 0 aromatic heterocycles. The fourth-order valence-electron chi connectivity index (χ4n) is 3.22. The molecular weight excluding hydrogens is 314 g/mol. The van der Waals surface area contributed by atoms with Crippen molar-refractivity contribution in [3.63, 3.8) is 0 Å². The maximum absolute atomic E-state index is 12.0. The number of carbonyl (C=O) groups excluding carboxylic acids is 1. The lowest BCUT2D eigenvalue weighted by Gasteiger charge is -2.35. The summed E-state index contributed by atoms with van der Waals surface area (Å²) in [5, 5.41) is 2.94. The zero-order chi connectivity index (χ0) is 18.4. The molecule has 2 rings (SSSR count). The van der Waals surface area contributed by atoms with Crippen LogP contribution in [0.2, 0.25) is 0 Å². The monoisotopic (exact) mass is 345 g/mol. The van der Waals surface area contributed by atoms with Crippen molar-refractivity contribution in [3.8, 4) is 0 Å². The molecule has 138 valence electrons. The van der Waals surface area contributed by atoms with Crippen molar-refractivity contribution in [1.29, 1.82) is 0 Å². The number of carbonyl (C=O) groups is 1. The molecule has 1 fully saturated rings. The Labute approximate surface area is 151 Å². The van der Waals surface area contributed by atoms with Crippen LogP contribution in [0.15, 0.2) is 36.4 Å². The smallest absolute Gasteiger partial charge is 0.317 e. The first-order valence-corrected chi connectivity index (χ1v) is 8.92. The molecule has 2 amide bonds. The molecule has 5 nitrogen and oxygen atoms in total. The third-order valence-electron chi connectivity index (χ3n) is 4.22. The summed E-state index contributed by atoms with van der Waals surface area (Å²) < 4.78 is 5.78. The van der Waals surface area contributed by atoms with Crippen LogP contribution >= 0.6 is 0 Å². The van der Waals surface area contributed by atoms with Crippen LogP contribution < -0.4 is 5.32 Å². The predicted molar refractivity (Wildman–Crippen MR) is 101 cm³/mol. The van der Waals surface area contributed by atoms with Crippen LogP contribution in [0, 0.1) is 0 Å². The summed E-state index contributed by atoms with van der Waals surface area (Å²) in [5.74, 6) is 0. The van der Waals surface area contributed by atoms with Gasteiger partial charge in [0.1, 0.15) is 0 Å². The molecule has 2 atom stereocenters. The summed E-state index contributed by atoms with van der Waals surface area (Å²) in [6.45, 7) is 14.0. The molecule has 0 unspecified atom stereocenters. The van der Waals surface area contributed by atoms with Gasteiger partial charge in [-0.1, -0.05) is 36.4 Å². The number of nitrogens with one attached hydrogen (secondary N) is 1. The highest BCUT2D eigenvalue weighted by molar-refractivity contribution is 5.74. The molecule has 0 radical (unpaired) electrons. The molecule has 1 N–H and O–H groups in total. The van der Waals surface area contributed by atoms with Crippen LogP contribution in [0.3, 0.4) is 0 Å². The third kappa shape index (κ3) is 6.52. The normalized spacial score (nSPS) is 21.0. The molecular formula is C20H31N3O2. The van der Waals surface area contributed by atoms with Gasteiger partial charge in [-0.25, -0.2) is 4.79 Å². The number of rotatable bonds is 6. The molecule has 25 heavy (non-hydrogen) atoms. The van der Waals surface area contributed by atoms with E-state index in [0.29, 0.717) is 13.1 Å². The highest BCUT2D eigenvalue weighted by Gasteiger charge is 2.21. The molecule has 1 aliphatic rings. The lowest BCUT2D eigenvalue weighted by Crippen LogP contribution is -2.44. The van der Waals surface area contributed by atoms with E-state index in [1.165, 1.54) is 5.56 Å². The van der Waals surface area contributed by atoms with Gasteiger partial charge in [-0.05, 0) is 31.9 Å². The number of amides is 2. The van der Waals surface area contributed by atoms with E-state index in [2.05, 4.69) is 54.9 Å². The van der Waals surface area contributed by atoms with E-state index in [1.807, 2.05) is 6.92 Å². The van der Waals surface area contributed by atoms with Crippen molar-refractivity contribution in [2.75, 3.05) is 26.7 Å². The number of likely N-dealkylation sites (N-methyl/N-ethyl adjacent to an activating group) is 1. The van der Waals surface area contributed by atoms with Crippen molar-refractivity contribution >= 4 is 6.03 Å². The zero-order valence-electron chi connectivity index (χ0n) is 15.9. The number of hydrogen-bond acceptors (Lipinski definition) is 3. The molecule has 0 saturated carbocycles. The van der Waals surface area contributed by atoms with E-state index < -0.39 is 0 Å². The van der Waals surface area contributed by atoms with Crippen molar-refractivity contribution in [1.82, 2.24) is 15.1 Å². The highest BCUT2D eigenvalue weighted by atomic mass is 16.5. The average Bonchev–Trinajstić information content (AvgIpc) is 2.52. The Balaban J connectivity index is 1.81. The van der Waals surface area contributed by atoms with E-state index in [9.17, 15) is 4.79 Å². The summed E-state index contributed by atoms with van der Waals surface area (Å²) in [4.78, 5) is 16.1. The fourth-order valence-corrected chi connectivity index (χ4v) is 3.22. The summed E-state index contributed by atoms with van der Waals surface area (Å²) in [6.07, 6.45) is 0.573. The Hall–Kier alpha value is -1.85. The van der Waals surface area contributed by atoms with Gasteiger partial charge in [0.15, 0.2) is 0 Å². The predicted octanol–water partition coefficient (Wildman–Crippen LogP) is 3.01. The minimum atomic E-state index is -0.0802. The summed E-state index contributed by atoms with van der Waals surface area (Å²) in [7, 11) is 1.78. The molecule has 0 aliphatic carbocycles. The number of hydrogen-bond donors (Lipinski definition) is 1. The summed E-state index contributed by atoms with van der Waals surface area (Å²) >= 11 is 0. The Bertz CT molecular complexity index is 575. The van der Waals surface area contributed by atoms with E-state index in [-0.39, 0.29) is 18.2 Å². The Morgan fingerprint density at radius 1 is 1.24 bits per heavy atom. The van der Waals surface area contributed by atoms with Crippen LogP contribution in [0.1, 0.15) is 31.9 Å². The second kappa shape index (κ2) is 9.02. The van der Waals surface area contributed by atoms with Gasteiger partial charge in [0, 0.05) is 39.8 Å². The number of nitrogens with zero attached hydrogens (tertiary/aromatic N) is 2. The van der Waals surface area contributed by atoms with E-state index in [4.69, 9.17) is 4.74 Å². The van der Waals surface area contributed by atoms with Crippen LogP contribution in [0.5, 0.6) is 0 Å².